The van der Waals surface area contributed by atoms with Gasteiger partial charge in [0.1, 0.15) is 0 Å². The number of nitrogens with two attached hydrogens (primary N) is 1. The molecule has 1 atom stereocenters. The van der Waals surface area contributed by atoms with Gasteiger partial charge in [0, 0.05) is 13.2 Å². The molecule has 5 nitrogen and oxygen atoms in total. The third-order valence-corrected chi connectivity index (χ3v) is 3.69. The van der Waals surface area contributed by atoms with E-state index in [0.717, 1.165) is 39.1 Å². The number of sulfonamides is 1. The normalized spacial score (nSPS) is 21.8. The maximum atomic E-state index is 10.8. The molecule has 96 valence electrons. The van der Waals surface area contributed by atoms with Crippen molar-refractivity contribution < 1.29 is 13.2 Å². The van der Waals surface area contributed by atoms with Crippen LogP contribution < -0.4 is 5.14 Å². The minimum Gasteiger partial charge on any atom is -0.377 e. The van der Waals surface area contributed by atoms with Gasteiger partial charge in [-0.1, -0.05) is 6.92 Å². The van der Waals surface area contributed by atoms with Crippen molar-refractivity contribution in [1.82, 2.24) is 4.90 Å². The van der Waals surface area contributed by atoms with Crippen molar-refractivity contribution in [2.24, 2.45) is 5.14 Å². The van der Waals surface area contributed by atoms with Crippen LogP contribution in [-0.2, 0) is 14.8 Å². The summed E-state index contributed by atoms with van der Waals surface area (Å²) in [6.45, 7) is 5.53. The Balaban J connectivity index is 2.20. The quantitative estimate of drug-likeness (QED) is 0.699. The van der Waals surface area contributed by atoms with Gasteiger partial charge in [0.2, 0.25) is 10.0 Å². The lowest BCUT2D eigenvalue weighted by Gasteiger charge is -2.23. The molecule has 6 heteroatoms. The number of nitrogens with zero attached hydrogens (tertiary/aromatic N) is 1. The molecule has 1 aliphatic heterocycles. The van der Waals surface area contributed by atoms with Crippen LogP contribution in [0.3, 0.4) is 0 Å². The van der Waals surface area contributed by atoms with Crippen LogP contribution in [0, 0.1) is 0 Å². The number of hydrogen-bond donors (Lipinski definition) is 1. The molecule has 0 aliphatic carbocycles. The van der Waals surface area contributed by atoms with Crippen LogP contribution in [0.4, 0.5) is 0 Å². The largest absolute Gasteiger partial charge is 0.377 e. The highest BCUT2D eigenvalue weighted by Crippen LogP contribution is 2.13. The van der Waals surface area contributed by atoms with Crippen LogP contribution in [-0.4, -0.2) is 51.4 Å². The second kappa shape index (κ2) is 6.54. The summed E-state index contributed by atoms with van der Waals surface area (Å²) in [5, 5.41) is 4.96. The molecule has 1 rings (SSSR count). The highest BCUT2D eigenvalue weighted by molar-refractivity contribution is 7.89. The molecule has 0 aromatic heterocycles. The first-order chi connectivity index (χ1) is 7.51. The van der Waals surface area contributed by atoms with E-state index in [9.17, 15) is 8.42 Å². The molecule has 16 heavy (non-hydrogen) atoms. The number of likely N-dealkylation sites (N-methyl/N-ethyl adjacent to an activating group) is 1. The molecule has 1 unspecified atom stereocenters. The Morgan fingerprint density at radius 1 is 1.50 bits per heavy atom. The van der Waals surface area contributed by atoms with Gasteiger partial charge in [-0.05, 0) is 32.4 Å². The molecule has 1 heterocycles. The fraction of sp³-hybridized carbons (Fsp3) is 1.00. The Morgan fingerprint density at radius 3 is 2.75 bits per heavy atom. The predicted molar refractivity (Wildman–Crippen MR) is 63.7 cm³/mol. The molecular formula is C10H22N2O3S. The lowest BCUT2D eigenvalue weighted by Crippen LogP contribution is -2.34. The summed E-state index contributed by atoms with van der Waals surface area (Å²) in [7, 11) is -3.31. The van der Waals surface area contributed by atoms with Gasteiger partial charge in [-0.25, -0.2) is 13.6 Å². The summed E-state index contributed by atoms with van der Waals surface area (Å²) in [5.41, 5.74) is 0. The molecular weight excluding hydrogens is 228 g/mol. The van der Waals surface area contributed by atoms with Gasteiger partial charge in [0.25, 0.3) is 0 Å². The van der Waals surface area contributed by atoms with Crippen LogP contribution in [0.15, 0.2) is 0 Å². The molecule has 0 radical (unpaired) electrons. The molecule has 0 saturated carbocycles. The van der Waals surface area contributed by atoms with Crippen LogP contribution in [0.25, 0.3) is 0 Å². The molecule has 0 aromatic rings. The molecule has 0 amide bonds. The maximum Gasteiger partial charge on any atom is 0.209 e. The first-order valence-electron chi connectivity index (χ1n) is 5.85. The minimum absolute atomic E-state index is 0.0645. The first-order valence-corrected chi connectivity index (χ1v) is 7.57. The Morgan fingerprint density at radius 2 is 2.25 bits per heavy atom. The summed E-state index contributed by atoms with van der Waals surface area (Å²) in [5.74, 6) is 0.0645. The van der Waals surface area contributed by atoms with Gasteiger partial charge in [-0.2, -0.15) is 0 Å². The van der Waals surface area contributed by atoms with Gasteiger partial charge in [-0.3, -0.25) is 0 Å². The third-order valence-electron chi connectivity index (χ3n) is 2.84. The second-order valence-corrected chi connectivity index (χ2v) is 5.98. The van der Waals surface area contributed by atoms with Crippen molar-refractivity contribution >= 4 is 10.0 Å². The van der Waals surface area contributed by atoms with E-state index in [-0.39, 0.29) is 5.75 Å². The van der Waals surface area contributed by atoms with Gasteiger partial charge >= 0.3 is 0 Å². The zero-order valence-electron chi connectivity index (χ0n) is 9.89. The van der Waals surface area contributed by atoms with Crippen molar-refractivity contribution in [2.45, 2.75) is 32.3 Å². The fourth-order valence-electron chi connectivity index (χ4n) is 1.94. The number of ether oxygens (including phenoxy) is 1. The smallest absolute Gasteiger partial charge is 0.209 e. The molecule has 0 spiro atoms. The van der Waals surface area contributed by atoms with Crippen molar-refractivity contribution in [3.05, 3.63) is 0 Å². The highest BCUT2D eigenvalue weighted by atomic mass is 32.2. The lowest BCUT2D eigenvalue weighted by atomic mass is 10.2. The monoisotopic (exact) mass is 250 g/mol. The summed E-state index contributed by atoms with van der Waals surface area (Å²) in [4.78, 5) is 2.22. The molecule has 0 aromatic carbocycles. The van der Waals surface area contributed by atoms with E-state index < -0.39 is 10.0 Å². The molecule has 1 saturated heterocycles. The van der Waals surface area contributed by atoms with Crippen LogP contribution >= 0.6 is 0 Å². The Hall–Kier alpha value is -0.170. The highest BCUT2D eigenvalue weighted by Gasteiger charge is 2.18. The third kappa shape index (κ3) is 5.79. The van der Waals surface area contributed by atoms with E-state index in [1.54, 1.807) is 0 Å². The van der Waals surface area contributed by atoms with Crippen molar-refractivity contribution in [1.29, 1.82) is 0 Å². The van der Waals surface area contributed by atoms with Gasteiger partial charge < -0.3 is 9.64 Å². The average Bonchev–Trinajstić information content (AvgIpc) is 2.67. The standard InChI is InChI=1S/C10H22N2O3S/c1-2-12(6-4-8-16(11,13)14)9-10-5-3-7-15-10/h10H,2-9H2,1H3,(H2,11,13,14). The number of hydrogen-bond acceptors (Lipinski definition) is 4. The number of rotatable bonds is 7. The molecule has 2 N–H and O–H groups in total. The van der Waals surface area contributed by atoms with Crippen molar-refractivity contribution in [3.8, 4) is 0 Å². The minimum atomic E-state index is -3.31. The summed E-state index contributed by atoms with van der Waals surface area (Å²) < 4.78 is 27.1. The van der Waals surface area contributed by atoms with E-state index in [0.29, 0.717) is 12.5 Å². The van der Waals surface area contributed by atoms with Gasteiger partial charge in [0.05, 0.1) is 11.9 Å². The summed E-state index contributed by atoms with van der Waals surface area (Å²) in [6, 6.07) is 0. The van der Waals surface area contributed by atoms with E-state index >= 15 is 0 Å². The fourth-order valence-corrected chi connectivity index (χ4v) is 2.48. The zero-order valence-corrected chi connectivity index (χ0v) is 10.7. The topological polar surface area (TPSA) is 72.6 Å². The first kappa shape index (κ1) is 13.9. The average molecular weight is 250 g/mol. The Labute approximate surface area is 98.0 Å². The number of primary sulfonamides is 1. The van der Waals surface area contributed by atoms with E-state index in [4.69, 9.17) is 9.88 Å². The van der Waals surface area contributed by atoms with Gasteiger partial charge in [0.15, 0.2) is 0 Å². The zero-order chi connectivity index (χ0) is 12.0. The summed E-state index contributed by atoms with van der Waals surface area (Å²) in [6.07, 6.45) is 3.18. The van der Waals surface area contributed by atoms with E-state index in [1.807, 2.05) is 0 Å². The molecule has 0 bridgehead atoms. The Bertz CT molecular complexity index is 286. The van der Waals surface area contributed by atoms with E-state index in [1.165, 1.54) is 0 Å². The molecule has 1 aliphatic rings. The Kier molecular flexibility index (Phi) is 5.68. The second-order valence-electron chi connectivity index (χ2n) is 4.25. The van der Waals surface area contributed by atoms with E-state index in [2.05, 4.69) is 11.8 Å². The maximum absolute atomic E-state index is 10.8. The predicted octanol–water partition coefficient (Wildman–Crippen LogP) is 0.166. The van der Waals surface area contributed by atoms with Crippen molar-refractivity contribution in [3.63, 3.8) is 0 Å². The lowest BCUT2D eigenvalue weighted by molar-refractivity contribution is 0.0749. The van der Waals surface area contributed by atoms with Crippen molar-refractivity contribution in [2.75, 3.05) is 32.0 Å². The van der Waals surface area contributed by atoms with Gasteiger partial charge in [-0.15, -0.1) is 0 Å². The van der Waals surface area contributed by atoms with Crippen LogP contribution in [0.1, 0.15) is 26.2 Å². The SMILES string of the molecule is CCN(CCCS(N)(=O)=O)CC1CCCO1. The van der Waals surface area contributed by atoms with Crippen LogP contribution in [0.2, 0.25) is 0 Å². The van der Waals surface area contributed by atoms with Crippen LogP contribution in [0.5, 0.6) is 0 Å². The molecule has 1 fully saturated rings. The summed E-state index contributed by atoms with van der Waals surface area (Å²) >= 11 is 0.